The van der Waals surface area contributed by atoms with E-state index in [0.717, 1.165) is 6.07 Å². The van der Waals surface area contributed by atoms with E-state index in [1.807, 2.05) is 0 Å². The van der Waals surface area contributed by atoms with Crippen LogP contribution < -0.4 is 5.73 Å². The summed E-state index contributed by atoms with van der Waals surface area (Å²) in [4.78, 5) is 11.3. The number of anilines is 1. The molecule has 0 saturated carbocycles. The van der Waals surface area contributed by atoms with Gasteiger partial charge in [0.05, 0.1) is 18.8 Å². The highest BCUT2D eigenvalue weighted by Crippen LogP contribution is 2.16. The van der Waals surface area contributed by atoms with Crippen molar-refractivity contribution in [1.29, 1.82) is 0 Å². The SMILES string of the molecule is COC(=O)c1cnn2c(N)cc(F)cc12. The van der Waals surface area contributed by atoms with E-state index in [9.17, 15) is 9.18 Å². The van der Waals surface area contributed by atoms with Gasteiger partial charge in [0.15, 0.2) is 0 Å². The van der Waals surface area contributed by atoms with Gasteiger partial charge in [-0.05, 0) is 0 Å². The van der Waals surface area contributed by atoms with Crippen molar-refractivity contribution in [3.05, 3.63) is 29.7 Å². The molecule has 0 aliphatic carbocycles. The van der Waals surface area contributed by atoms with Crippen molar-refractivity contribution in [2.75, 3.05) is 12.8 Å². The van der Waals surface area contributed by atoms with Gasteiger partial charge < -0.3 is 10.5 Å². The summed E-state index contributed by atoms with van der Waals surface area (Å²) in [5.41, 5.74) is 6.00. The molecule has 15 heavy (non-hydrogen) atoms. The number of fused-ring (bicyclic) bond motifs is 1. The second-order valence-corrected chi connectivity index (χ2v) is 2.95. The van der Waals surface area contributed by atoms with Crippen LogP contribution in [-0.2, 0) is 4.74 Å². The Morgan fingerprint density at radius 3 is 3.00 bits per heavy atom. The molecule has 0 saturated heterocycles. The number of ether oxygens (including phenoxy) is 1. The Labute approximate surface area is 84.2 Å². The molecule has 2 N–H and O–H groups in total. The van der Waals surface area contributed by atoms with Crippen LogP contribution >= 0.6 is 0 Å². The lowest BCUT2D eigenvalue weighted by molar-refractivity contribution is 0.0603. The summed E-state index contributed by atoms with van der Waals surface area (Å²) >= 11 is 0. The average molecular weight is 209 g/mol. The number of nitrogens with zero attached hydrogens (tertiary/aromatic N) is 2. The minimum Gasteiger partial charge on any atom is -0.465 e. The lowest BCUT2D eigenvalue weighted by atomic mass is 10.2. The van der Waals surface area contributed by atoms with Crippen LogP contribution in [0.25, 0.3) is 5.52 Å². The van der Waals surface area contributed by atoms with Crippen LogP contribution in [0.2, 0.25) is 0 Å². The van der Waals surface area contributed by atoms with Gasteiger partial charge in [-0.1, -0.05) is 0 Å². The zero-order valence-electron chi connectivity index (χ0n) is 7.90. The highest BCUT2D eigenvalue weighted by molar-refractivity contribution is 5.96. The molecule has 2 heterocycles. The van der Waals surface area contributed by atoms with Crippen LogP contribution in [0.1, 0.15) is 10.4 Å². The van der Waals surface area contributed by atoms with Crippen LogP contribution in [0, 0.1) is 5.82 Å². The molecule has 0 amide bonds. The van der Waals surface area contributed by atoms with Crippen LogP contribution in [0.3, 0.4) is 0 Å². The molecule has 2 aromatic rings. The van der Waals surface area contributed by atoms with Crippen molar-refractivity contribution in [3.63, 3.8) is 0 Å². The Morgan fingerprint density at radius 1 is 1.60 bits per heavy atom. The standard InChI is InChI=1S/C9H8FN3O2/c1-15-9(14)6-4-12-13-7(6)2-5(10)3-8(13)11/h2-4H,11H2,1H3. The fourth-order valence-electron chi connectivity index (χ4n) is 1.34. The number of nitrogen functional groups attached to an aromatic ring is 1. The molecule has 2 rings (SSSR count). The molecular weight excluding hydrogens is 201 g/mol. The van der Waals surface area contributed by atoms with E-state index in [1.165, 1.54) is 23.9 Å². The van der Waals surface area contributed by atoms with Gasteiger partial charge in [0.25, 0.3) is 0 Å². The Balaban J connectivity index is 2.74. The van der Waals surface area contributed by atoms with Crippen molar-refractivity contribution in [3.8, 4) is 0 Å². The van der Waals surface area contributed by atoms with Crippen molar-refractivity contribution in [1.82, 2.24) is 9.61 Å². The summed E-state index contributed by atoms with van der Waals surface area (Å²) in [5.74, 6) is -0.971. The molecule has 0 radical (unpaired) electrons. The number of hydrogen-bond acceptors (Lipinski definition) is 4. The zero-order chi connectivity index (χ0) is 11.0. The second-order valence-electron chi connectivity index (χ2n) is 2.95. The number of hydrogen-bond donors (Lipinski definition) is 1. The maximum atomic E-state index is 13.0. The highest BCUT2D eigenvalue weighted by atomic mass is 19.1. The van der Waals surface area contributed by atoms with Crippen molar-refractivity contribution >= 4 is 17.3 Å². The summed E-state index contributed by atoms with van der Waals surface area (Å²) < 4.78 is 18.8. The van der Waals surface area contributed by atoms with Crippen LogP contribution in [0.5, 0.6) is 0 Å². The van der Waals surface area contributed by atoms with E-state index in [4.69, 9.17) is 5.73 Å². The number of aromatic nitrogens is 2. The Bertz CT molecular complexity index is 535. The summed E-state index contributed by atoms with van der Waals surface area (Å²) in [7, 11) is 1.24. The first-order chi connectivity index (χ1) is 7.13. The third kappa shape index (κ3) is 1.39. The van der Waals surface area contributed by atoms with Gasteiger partial charge in [-0.15, -0.1) is 0 Å². The van der Waals surface area contributed by atoms with E-state index in [1.54, 1.807) is 0 Å². The number of halogens is 1. The number of carbonyl (C=O) groups excluding carboxylic acids is 1. The smallest absolute Gasteiger partial charge is 0.341 e. The number of nitrogens with two attached hydrogens (primary N) is 1. The number of esters is 1. The van der Waals surface area contributed by atoms with Crippen molar-refractivity contribution < 1.29 is 13.9 Å². The van der Waals surface area contributed by atoms with E-state index >= 15 is 0 Å². The topological polar surface area (TPSA) is 69.6 Å². The maximum Gasteiger partial charge on any atom is 0.341 e. The lowest BCUT2D eigenvalue weighted by Gasteiger charge is -2.00. The first-order valence-corrected chi connectivity index (χ1v) is 4.14. The van der Waals surface area contributed by atoms with Crippen LogP contribution in [0.4, 0.5) is 10.2 Å². The fraction of sp³-hybridized carbons (Fsp3) is 0.111. The normalized spacial score (nSPS) is 10.5. The first-order valence-electron chi connectivity index (χ1n) is 4.14. The molecule has 0 aliphatic heterocycles. The quantitative estimate of drug-likeness (QED) is 0.706. The zero-order valence-corrected chi connectivity index (χ0v) is 7.90. The third-order valence-corrected chi connectivity index (χ3v) is 2.02. The summed E-state index contributed by atoms with van der Waals surface area (Å²) in [5, 5.41) is 3.85. The van der Waals surface area contributed by atoms with Gasteiger partial charge in [0.2, 0.25) is 0 Å². The molecular formula is C9H8FN3O2. The van der Waals surface area contributed by atoms with Crippen molar-refractivity contribution in [2.24, 2.45) is 0 Å². The molecule has 5 nitrogen and oxygen atoms in total. The molecule has 0 spiro atoms. The molecule has 0 aromatic carbocycles. The minimum absolute atomic E-state index is 0.125. The van der Waals surface area contributed by atoms with Gasteiger partial charge in [0, 0.05) is 12.1 Å². The van der Waals surface area contributed by atoms with Gasteiger partial charge in [-0.3, -0.25) is 0 Å². The van der Waals surface area contributed by atoms with Gasteiger partial charge in [0.1, 0.15) is 17.2 Å². The molecule has 0 atom stereocenters. The summed E-state index contributed by atoms with van der Waals surface area (Å²) in [6.45, 7) is 0. The predicted molar refractivity (Wildman–Crippen MR) is 50.9 cm³/mol. The average Bonchev–Trinajstić information content (AvgIpc) is 2.60. The van der Waals surface area contributed by atoms with Gasteiger partial charge in [-0.2, -0.15) is 5.10 Å². The molecule has 0 bridgehead atoms. The van der Waals surface area contributed by atoms with E-state index in [0.29, 0.717) is 5.52 Å². The summed E-state index contributed by atoms with van der Waals surface area (Å²) in [6, 6.07) is 2.30. The molecule has 78 valence electrons. The minimum atomic E-state index is -0.574. The predicted octanol–water partition coefficient (Wildman–Crippen LogP) is 0.842. The summed E-state index contributed by atoms with van der Waals surface area (Å²) in [6.07, 6.45) is 1.29. The second kappa shape index (κ2) is 3.23. The van der Waals surface area contributed by atoms with Crippen molar-refractivity contribution in [2.45, 2.75) is 0 Å². The first kappa shape index (κ1) is 9.45. The van der Waals surface area contributed by atoms with Gasteiger partial charge >= 0.3 is 5.97 Å². The molecule has 6 heteroatoms. The Morgan fingerprint density at radius 2 is 2.33 bits per heavy atom. The number of pyridine rings is 1. The van der Waals surface area contributed by atoms with Crippen LogP contribution in [-0.4, -0.2) is 22.7 Å². The molecule has 0 fully saturated rings. The third-order valence-electron chi connectivity index (χ3n) is 2.02. The number of rotatable bonds is 1. The Hall–Kier alpha value is -2.11. The monoisotopic (exact) mass is 209 g/mol. The van der Waals surface area contributed by atoms with E-state index in [-0.39, 0.29) is 11.4 Å². The molecule has 0 aliphatic rings. The van der Waals surface area contributed by atoms with E-state index < -0.39 is 11.8 Å². The fourth-order valence-corrected chi connectivity index (χ4v) is 1.34. The van der Waals surface area contributed by atoms with Gasteiger partial charge in [-0.25, -0.2) is 13.7 Å². The largest absolute Gasteiger partial charge is 0.465 e. The van der Waals surface area contributed by atoms with E-state index in [2.05, 4.69) is 9.84 Å². The molecule has 2 aromatic heterocycles. The number of methoxy groups -OCH3 is 1. The highest BCUT2D eigenvalue weighted by Gasteiger charge is 2.14. The lowest BCUT2D eigenvalue weighted by Crippen LogP contribution is -2.02. The number of carbonyl (C=O) groups is 1. The molecule has 0 unspecified atom stereocenters. The Kier molecular flexibility index (Phi) is 2.03. The van der Waals surface area contributed by atoms with Crippen LogP contribution in [0.15, 0.2) is 18.3 Å². The maximum absolute atomic E-state index is 13.0.